The first-order valence-electron chi connectivity index (χ1n) is 6.86. The van der Waals surface area contributed by atoms with Gasteiger partial charge < -0.3 is 0 Å². The van der Waals surface area contributed by atoms with Crippen molar-refractivity contribution in [3.8, 4) is 22.6 Å². The summed E-state index contributed by atoms with van der Waals surface area (Å²) in [6.45, 7) is 0. The van der Waals surface area contributed by atoms with E-state index in [0.717, 1.165) is 16.8 Å². The Labute approximate surface area is 132 Å². The fraction of sp³-hybridized carbons (Fsp3) is 0. The van der Waals surface area contributed by atoms with Gasteiger partial charge in [-0.05, 0) is 24.3 Å². The van der Waals surface area contributed by atoms with E-state index >= 15 is 0 Å². The summed E-state index contributed by atoms with van der Waals surface area (Å²) in [7, 11) is 0. The Hall–Kier alpha value is -2.72. The topological polar surface area (TPSA) is 43.1 Å². The summed E-state index contributed by atoms with van der Waals surface area (Å²) in [4.78, 5) is 0. The number of nitrogens with zero attached hydrogens (tertiary/aromatic N) is 4. The standard InChI is InChI=1S/C17H11ClN4/c18-14-9-5-4-8-13(14)17-20-19-16-11-10-15(21-22(16)17)12-6-2-1-3-7-12/h1-11H. The second kappa shape index (κ2) is 5.24. The van der Waals surface area contributed by atoms with Gasteiger partial charge in [0.15, 0.2) is 11.5 Å². The van der Waals surface area contributed by atoms with E-state index in [4.69, 9.17) is 11.6 Å². The molecule has 0 fully saturated rings. The molecule has 0 aliphatic carbocycles. The summed E-state index contributed by atoms with van der Waals surface area (Å²) in [6.07, 6.45) is 0. The molecule has 0 atom stereocenters. The fourth-order valence-electron chi connectivity index (χ4n) is 2.36. The molecule has 0 amide bonds. The number of aromatic nitrogens is 4. The van der Waals surface area contributed by atoms with Gasteiger partial charge in [-0.25, -0.2) is 0 Å². The molecule has 0 aliphatic rings. The molecule has 2 aromatic carbocycles. The minimum Gasteiger partial charge on any atom is -0.192 e. The summed E-state index contributed by atoms with van der Waals surface area (Å²) in [5, 5.41) is 13.7. The summed E-state index contributed by atoms with van der Waals surface area (Å²) in [5.74, 6) is 0.637. The first-order chi connectivity index (χ1) is 10.8. The molecule has 2 aromatic heterocycles. The Bertz CT molecular complexity index is 947. The van der Waals surface area contributed by atoms with Crippen LogP contribution in [0.2, 0.25) is 5.02 Å². The van der Waals surface area contributed by atoms with Crippen LogP contribution in [0.1, 0.15) is 0 Å². The van der Waals surface area contributed by atoms with Crippen molar-refractivity contribution in [1.82, 2.24) is 19.8 Å². The van der Waals surface area contributed by atoms with Gasteiger partial charge in [-0.2, -0.15) is 9.61 Å². The van der Waals surface area contributed by atoms with Crippen LogP contribution in [0.25, 0.3) is 28.3 Å². The van der Waals surface area contributed by atoms with Crippen molar-refractivity contribution in [2.45, 2.75) is 0 Å². The number of hydrogen-bond donors (Lipinski definition) is 0. The van der Waals surface area contributed by atoms with E-state index in [2.05, 4.69) is 15.3 Å². The Kier molecular flexibility index (Phi) is 3.09. The van der Waals surface area contributed by atoms with Gasteiger partial charge in [0.25, 0.3) is 0 Å². The van der Waals surface area contributed by atoms with Crippen LogP contribution in [-0.2, 0) is 0 Å². The van der Waals surface area contributed by atoms with Gasteiger partial charge >= 0.3 is 0 Å². The molecule has 0 bridgehead atoms. The lowest BCUT2D eigenvalue weighted by atomic mass is 10.1. The zero-order valence-corrected chi connectivity index (χ0v) is 12.3. The van der Waals surface area contributed by atoms with Crippen molar-refractivity contribution in [1.29, 1.82) is 0 Å². The Morgan fingerprint density at radius 1 is 0.773 bits per heavy atom. The third-order valence-electron chi connectivity index (χ3n) is 3.45. The number of hydrogen-bond acceptors (Lipinski definition) is 3. The summed E-state index contributed by atoms with van der Waals surface area (Å²) in [6, 6.07) is 21.4. The average molecular weight is 307 g/mol. The van der Waals surface area contributed by atoms with Crippen LogP contribution in [0.3, 0.4) is 0 Å². The quantitative estimate of drug-likeness (QED) is 0.559. The molecule has 0 saturated carbocycles. The van der Waals surface area contributed by atoms with Crippen molar-refractivity contribution >= 4 is 17.2 Å². The van der Waals surface area contributed by atoms with Crippen LogP contribution in [0, 0.1) is 0 Å². The third kappa shape index (κ3) is 2.14. The number of rotatable bonds is 2. The molecule has 4 nitrogen and oxygen atoms in total. The van der Waals surface area contributed by atoms with E-state index in [1.165, 1.54) is 0 Å². The van der Waals surface area contributed by atoms with Crippen molar-refractivity contribution in [2.75, 3.05) is 0 Å². The van der Waals surface area contributed by atoms with E-state index in [1.54, 1.807) is 4.52 Å². The minimum atomic E-state index is 0.628. The van der Waals surface area contributed by atoms with Crippen LogP contribution in [0.5, 0.6) is 0 Å². The lowest BCUT2D eigenvalue weighted by molar-refractivity contribution is 0.942. The monoisotopic (exact) mass is 306 g/mol. The van der Waals surface area contributed by atoms with Crippen LogP contribution in [0.15, 0.2) is 66.7 Å². The molecule has 0 aliphatic heterocycles. The SMILES string of the molecule is Clc1ccccc1-c1nnc2ccc(-c3ccccc3)nn12. The Morgan fingerprint density at radius 2 is 1.55 bits per heavy atom. The Balaban J connectivity index is 1.93. The zero-order valence-electron chi connectivity index (χ0n) is 11.5. The smallest absolute Gasteiger partial charge is 0.186 e. The molecule has 0 N–H and O–H groups in total. The minimum absolute atomic E-state index is 0.628. The number of benzene rings is 2. The first kappa shape index (κ1) is 13.0. The van der Waals surface area contributed by atoms with E-state index in [9.17, 15) is 0 Å². The van der Waals surface area contributed by atoms with Crippen molar-refractivity contribution < 1.29 is 0 Å². The van der Waals surface area contributed by atoms with E-state index < -0.39 is 0 Å². The van der Waals surface area contributed by atoms with Crippen molar-refractivity contribution in [2.24, 2.45) is 0 Å². The average Bonchev–Trinajstić information content (AvgIpc) is 2.99. The lowest BCUT2D eigenvalue weighted by Gasteiger charge is -2.04. The highest BCUT2D eigenvalue weighted by molar-refractivity contribution is 6.33. The van der Waals surface area contributed by atoms with Crippen LogP contribution in [-0.4, -0.2) is 19.8 Å². The highest BCUT2D eigenvalue weighted by Crippen LogP contribution is 2.26. The van der Waals surface area contributed by atoms with Crippen molar-refractivity contribution in [3.63, 3.8) is 0 Å². The van der Waals surface area contributed by atoms with Crippen LogP contribution in [0.4, 0.5) is 0 Å². The largest absolute Gasteiger partial charge is 0.192 e. The van der Waals surface area contributed by atoms with E-state index in [0.29, 0.717) is 16.5 Å². The zero-order chi connectivity index (χ0) is 14.9. The second-order valence-corrected chi connectivity index (χ2v) is 5.27. The van der Waals surface area contributed by atoms with E-state index in [1.807, 2.05) is 66.7 Å². The van der Waals surface area contributed by atoms with Crippen molar-refractivity contribution in [3.05, 3.63) is 71.8 Å². The van der Waals surface area contributed by atoms with Gasteiger partial charge in [0.2, 0.25) is 0 Å². The first-order valence-corrected chi connectivity index (χ1v) is 7.23. The molecule has 0 radical (unpaired) electrons. The molecule has 4 aromatic rings. The van der Waals surface area contributed by atoms with Gasteiger partial charge in [0.05, 0.1) is 10.7 Å². The molecule has 0 saturated heterocycles. The predicted octanol–water partition coefficient (Wildman–Crippen LogP) is 4.11. The van der Waals surface area contributed by atoms with Gasteiger partial charge in [0, 0.05) is 11.1 Å². The molecule has 22 heavy (non-hydrogen) atoms. The number of fused-ring (bicyclic) bond motifs is 1. The fourth-order valence-corrected chi connectivity index (χ4v) is 2.58. The van der Waals surface area contributed by atoms with Crippen LogP contribution >= 0.6 is 11.6 Å². The molecule has 4 rings (SSSR count). The summed E-state index contributed by atoms with van der Waals surface area (Å²) >= 11 is 6.26. The van der Waals surface area contributed by atoms with E-state index in [-0.39, 0.29) is 0 Å². The maximum atomic E-state index is 6.26. The molecule has 2 heterocycles. The highest BCUT2D eigenvalue weighted by atomic mass is 35.5. The molecular weight excluding hydrogens is 296 g/mol. The Morgan fingerprint density at radius 3 is 2.36 bits per heavy atom. The lowest BCUT2D eigenvalue weighted by Crippen LogP contribution is -1.97. The molecular formula is C17H11ClN4. The molecule has 106 valence electrons. The van der Waals surface area contributed by atoms with Gasteiger partial charge in [-0.3, -0.25) is 0 Å². The normalized spacial score (nSPS) is 11.0. The van der Waals surface area contributed by atoms with Crippen LogP contribution < -0.4 is 0 Å². The maximum Gasteiger partial charge on any atom is 0.186 e. The third-order valence-corrected chi connectivity index (χ3v) is 3.78. The summed E-state index contributed by atoms with van der Waals surface area (Å²) in [5.41, 5.74) is 3.41. The predicted molar refractivity (Wildman–Crippen MR) is 86.7 cm³/mol. The van der Waals surface area contributed by atoms with Gasteiger partial charge in [-0.1, -0.05) is 54.1 Å². The van der Waals surface area contributed by atoms with Gasteiger partial charge in [-0.15, -0.1) is 10.2 Å². The molecule has 0 spiro atoms. The molecule has 5 heteroatoms. The maximum absolute atomic E-state index is 6.26. The number of halogens is 1. The molecule has 0 unspecified atom stereocenters. The second-order valence-electron chi connectivity index (χ2n) is 4.86. The summed E-state index contributed by atoms with van der Waals surface area (Å²) < 4.78 is 1.73. The highest BCUT2D eigenvalue weighted by Gasteiger charge is 2.12. The van der Waals surface area contributed by atoms with Gasteiger partial charge in [0.1, 0.15) is 0 Å².